The lowest BCUT2D eigenvalue weighted by Gasteiger charge is -2.17. The highest BCUT2D eigenvalue weighted by Gasteiger charge is 2.34. The van der Waals surface area contributed by atoms with E-state index in [1.54, 1.807) is 13.8 Å². The van der Waals surface area contributed by atoms with E-state index in [0.717, 1.165) is 6.07 Å². The average molecular weight is 234 g/mol. The van der Waals surface area contributed by atoms with Crippen LogP contribution in [0.1, 0.15) is 19.5 Å². The van der Waals surface area contributed by atoms with Gasteiger partial charge in [0.1, 0.15) is 0 Å². The molecule has 1 heterocycles. The van der Waals surface area contributed by atoms with Crippen LogP contribution in [-0.2, 0) is 12.7 Å². The minimum atomic E-state index is -4.70. The standard InChI is InChI=1S/C10H13F3N2O/c1-6(2)3-8-4-7(14)5-9(16)15(8)10(11,12)13/h4-6H,3,14H2,1-2H3. The predicted octanol–water partition coefficient (Wildman–Crippen LogP) is 2.11. The highest BCUT2D eigenvalue weighted by molar-refractivity contribution is 5.38. The Hall–Kier alpha value is -1.46. The van der Waals surface area contributed by atoms with Crippen LogP contribution in [0.3, 0.4) is 0 Å². The van der Waals surface area contributed by atoms with Crippen molar-refractivity contribution >= 4 is 5.69 Å². The maximum Gasteiger partial charge on any atom is 0.491 e. The van der Waals surface area contributed by atoms with Gasteiger partial charge in [-0.1, -0.05) is 13.8 Å². The second-order valence-electron chi connectivity index (χ2n) is 4.02. The van der Waals surface area contributed by atoms with Gasteiger partial charge in [-0.25, -0.2) is 4.57 Å². The van der Waals surface area contributed by atoms with E-state index >= 15 is 0 Å². The van der Waals surface area contributed by atoms with Gasteiger partial charge in [0, 0.05) is 17.4 Å². The third-order valence-electron chi connectivity index (χ3n) is 2.00. The molecule has 3 nitrogen and oxygen atoms in total. The Kier molecular flexibility index (Phi) is 3.30. The lowest BCUT2D eigenvalue weighted by atomic mass is 10.1. The number of nitrogens with zero attached hydrogens (tertiary/aromatic N) is 1. The number of rotatable bonds is 2. The van der Waals surface area contributed by atoms with Gasteiger partial charge in [0.15, 0.2) is 0 Å². The molecule has 16 heavy (non-hydrogen) atoms. The number of anilines is 1. The van der Waals surface area contributed by atoms with E-state index in [0.29, 0.717) is 0 Å². The molecule has 0 radical (unpaired) electrons. The minimum absolute atomic E-state index is 0.00907. The molecule has 0 fully saturated rings. The Morgan fingerprint density at radius 3 is 2.38 bits per heavy atom. The van der Waals surface area contributed by atoms with Gasteiger partial charge in [0.2, 0.25) is 0 Å². The summed E-state index contributed by atoms with van der Waals surface area (Å²) in [5.41, 5.74) is 4.18. The molecule has 0 amide bonds. The fourth-order valence-corrected chi connectivity index (χ4v) is 1.50. The van der Waals surface area contributed by atoms with E-state index in [2.05, 4.69) is 0 Å². The van der Waals surface area contributed by atoms with Gasteiger partial charge >= 0.3 is 6.30 Å². The Morgan fingerprint density at radius 2 is 1.94 bits per heavy atom. The van der Waals surface area contributed by atoms with Crippen LogP contribution in [0, 0.1) is 5.92 Å². The molecule has 1 aromatic heterocycles. The van der Waals surface area contributed by atoms with Crippen molar-refractivity contribution in [3.8, 4) is 0 Å². The summed E-state index contributed by atoms with van der Waals surface area (Å²) in [6.45, 7) is 3.54. The van der Waals surface area contributed by atoms with E-state index in [9.17, 15) is 18.0 Å². The highest BCUT2D eigenvalue weighted by atomic mass is 19.4. The van der Waals surface area contributed by atoms with Crippen LogP contribution in [0.2, 0.25) is 0 Å². The van der Waals surface area contributed by atoms with Crippen molar-refractivity contribution in [1.29, 1.82) is 0 Å². The van der Waals surface area contributed by atoms with Crippen molar-refractivity contribution in [2.75, 3.05) is 5.73 Å². The molecule has 1 rings (SSSR count). The van der Waals surface area contributed by atoms with Gasteiger partial charge in [-0.3, -0.25) is 4.79 Å². The zero-order valence-corrected chi connectivity index (χ0v) is 9.01. The zero-order chi connectivity index (χ0) is 12.5. The van der Waals surface area contributed by atoms with Crippen LogP contribution in [0.5, 0.6) is 0 Å². The smallest absolute Gasteiger partial charge is 0.399 e. The number of aromatic nitrogens is 1. The van der Waals surface area contributed by atoms with Gasteiger partial charge in [0.05, 0.1) is 0 Å². The van der Waals surface area contributed by atoms with Crippen LogP contribution in [0.25, 0.3) is 0 Å². The maximum atomic E-state index is 12.6. The zero-order valence-electron chi connectivity index (χ0n) is 9.01. The Morgan fingerprint density at radius 1 is 1.38 bits per heavy atom. The molecule has 6 heteroatoms. The van der Waals surface area contributed by atoms with Gasteiger partial charge in [-0.05, 0) is 18.4 Å². The maximum absolute atomic E-state index is 12.6. The van der Waals surface area contributed by atoms with Gasteiger partial charge in [0.25, 0.3) is 5.56 Å². The number of alkyl halides is 3. The fraction of sp³-hybridized carbons (Fsp3) is 0.500. The second-order valence-corrected chi connectivity index (χ2v) is 4.02. The molecule has 0 unspecified atom stereocenters. The summed E-state index contributed by atoms with van der Waals surface area (Å²) >= 11 is 0. The first kappa shape index (κ1) is 12.6. The first-order chi connectivity index (χ1) is 7.21. The van der Waals surface area contributed by atoms with Crippen molar-refractivity contribution in [3.63, 3.8) is 0 Å². The number of nitrogen functional groups attached to an aromatic ring is 1. The van der Waals surface area contributed by atoms with E-state index in [1.165, 1.54) is 6.07 Å². The molecule has 0 aliphatic carbocycles. The van der Waals surface area contributed by atoms with Crippen LogP contribution in [-0.4, -0.2) is 4.57 Å². The van der Waals surface area contributed by atoms with E-state index in [4.69, 9.17) is 5.73 Å². The molecule has 0 bridgehead atoms. The predicted molar refractivity (Wildman–Crippen MR) is 55.0 cm³/mol. The van der Waals surface area contributed by atoms with E-state index in [-0.39, 0.29) is 28.3 Å². The highest BCUT2D eigenvalue weighted by Crippen LogP contribution is 2.24. The molecule has 0 aliphatic rings. The molecule has 0 spiro atoms. The third-order valence-corrected chi connectivity index (χ3v) is 2.00. The first-order valence-corrected chi connectivity index (χ1v) is 4.80. The molecular weight excluding hydrogens is 221 g/mol. The molecule has 0 saturated heterocycles. The summed E-state index contributed by atoms with van der Waals surface area (Å²) in [6.07, 6.45) is -4.55. The van der Waals surface area contributed by atoms with Gasteiger partial charge < -0.3 is 5.73 Å². The minimum Gasteiger partial charge on any atom is -0.399 e. The van der Waals surface area contributed by atoms with Crippen molar-refractivity contribution in [3.05, 3.63) is 28.2 Å². The Balaban J connectivity index is 3.39. The number of hydrogen-bond donors (Lipinski definition) is 1. The first-order valence-electron chi connectivity index (χ1n) is 4.80. The fourth-order valence-electron chi connectivity index (χ4n) is 1.50. The summed E-state index contributed by atoms with van der Waals surface area (Å²) in [6, 6.07) is 1.96. The quantitative estimate of drug-likeness (QED) is 0.851. The van der Waals surface area contributed by atoms with Gasteiger partial charge in [-0.2, -0.15) is 0 Å². The molecule has 90 valence electrons. The largest absolute Gasteiger partial charge is 0.491 e. The Bertz CT molecular complexity index is 435. The lowest BCUT2D eigenvalue weighted by Crippen LogP contribution is -2.33. The second kappa shape index (κ2) is 4.19. The van der Waals surface area contributed by atoms with E-state index < -0.39 is 11.9 Å². The van der Waals surface area contributed by atoms with Crippen LogP contribution in [0.15, 0.2) is 16.9 Å². The van der Waals surface area contributed by atoms with Crippen LogP contribution < -0.4 is 11.3 Å². The van der Waals surface area contributed by atoms with Gasteiger partial charge in [-0.15, -0.1) is 13.2 Å². The molecule has 2 N–H and O–H groups in total. The van der Waals surface area contributed by atoms with Crippen molar-refractivity contribution in [2.24, 2.45) is 5.92 Å². The van der Waals surface area contributed by atoms with Crippen molar-refractivity contribution in [2.45, 2.75) is 26.6 Å². The molecule has 0 saturated carbocycles. The summed E-state index contributed by atoms with van der Waals surface area (Å²) in [5.74, 6) is 0.00907. The molecular formula is C10H13F3N2O. The number of pyridine rings is 1. The molecule has 0 aromatic carbocycles. The van der Waals surface area contributed by atoms with Crippen LogP contribution >= 0.6 is 0 Å². The topological polar surface area (TPSA) is 48.0 Å². The molecule has 1 aromatic rings. The lowest BCUT2D eigenvalue weighted by molar-refractivity contribution is -0.207. The average Bonchev–Trinajstić information content (AvgIpc) is 1.96. The Labute approximate surface area is 90.7 Å². The normalized spacial score (nSPS) is 12.1. The van der Waals surface area contributed by atoms with Crippen molar-refractivity contribution < 1.29 is 13.2 Å². The van der Waals surface area contributed by atoms with E-state index in [1.807, 2.05) is 0 Å². The van der Waals surface area contributed by atoms with Crippen molar-refractivity contribution in [1.82, 2.24) is 4.57 Å². The SMILES string of the molecule is CC(C)Cc1cc(N)cc(=O)n1C(F)(F)F. The summed E-state index contributed by atoms with van der Waals surface area (Å²) < 4.78 is 37.7. The summed E-state index contributed by atoms with van der Waals surface area (Å²) in [7, 11) is 0. The molecule has 0 aliphatic heterocycles. The number of nitrogens with two attached hydrogens (primary N) is 1. The summed E-state index contributed by atoms with van der Waals surface area (Å²) in [4.78, 5) is 11.3. The molecule has 0 atom stereocenters. The monoisotopic (exact) mass is 234 g/mol. The number of halogens is 3. The third kappa shape index (κ3) is 2.77. The van der Waals surface area contributed by atoms with Crippen LogP contribution in [0.4, 0.5) is 18.9 Å². The number of hydrogen-bond acceptors (Lipinski definition) is 2. The summed E-state index contributed by atoms with van der Waals surface area (Å²) in [5, 5.41) is 0.